The Balaban J connectivity index is 2.35. The fourth-order valence-electron chi connectivity index (χ4n) is 2.79. The van der Waals surface area contributed by atoms with Gasteiger partial charge in [-0.3, -0.25) is 0 Å². The van der Waals surface area contributed by atoms with Crippen molar-refractivity contribution >= 4 is 8.80 Å². The second kappa shape index (κ2) is 14.0. The molecule has 1 rings (SSSR count). The molecule has 0 aromatic carbocycles. The van der Waals surface area contributed by atoms with E-state index in [9.17, 15) is 5.11 Å². The van der Waals surface area contributed by atoms with Gasteiger partial charge < -0.3 is 33.0 Å². The molecule has 1 aliphatic heterocycles. The highest BCUT2D eigenvalue weighted by Crippen LogP contribution is 2.22. The fourth-order valence-corrected chi connectivity index (χ4v) is 5.60. The maximum absolute atomic E-state index is 9.39. The summed E-state index contributed by atoms with van der Waals surface area (Å²) in [5, 5.41) is 18.2. The van der Waals surface area contributed by atoms with Gasteiger partial charge in [-0.15, -0.1) is 0 Å². The molecule has 2 N–H and O–H groups in total. The Labute approximate surface area is 159 Å². The normalized spacial score (nSPS) is 19.5. The topological polar surface area (TPSA) is 89.9 Å². The minimum Gasteiger partial charge on any atom is -0.394 e. The van der Waals surface area contributed by atoms with E-state index in [0.717, 1.165) is 38.3 Å². The van der Waals surface area contributed by atoms with Crippen molar-refractivity contribution in [3.05, 3.63) is 0 Å². The lowest BCUT2D eigenvalue weighted by atomic mass is 10.1. The van der Waals surface area contributed by atoms with Gasteiger partial charge in [-0.2, -0.15) is 0 Å². The van der Waals surface area contributed by atoms with E-state index in [2.05, 4.69) is 0 Å². The summed E-state index contributed by atoms with van der Waals surface area (Å²) in [6, 6.07) is 0.744. The van der Waals surface area contributed by atoms with Crippen molar-refractivity contribution in [3.63, 3.8) is 0 Å². The summed E-state index contributed by atoms with van der Waals surface area (Å²) >= 11 is 0. The van der Waals surface area contributed by atoms with Crippen LogP contribution in [0.5, 0.6) is 0 Å². The van der Waals surface area contributed by atoms with Crippen molar-refractivity contribution in [2.24, 2.45) is 0 Å². The summed E-state index contributed by atoms with van der Waals surface area (Å²) in [5.41, 5.74) is 0. The number of aliphatic hydroxyl groups excluding tert-OH is 2. The van der Waals surface area contributed by atoms with Gasteiger partial charge in [0, 0.05) is 32.0 Å². The van der Waals surface area contributed by atoms with Crippen LogP contribution in [0.15, 0.2) is 0 Å². The Morgan fingerprint density at radius 2 is 1.77 bits per heavy atom. The van der Waals surface area contributed by atoms with Gasteiger partial charge in [-0.1, -0.05) is 12.8 Å². The van der Waals surface area contributed by atoms with E-state index in [1.807, 2.05) is 20.8 Å². The van der Waals surface area contributed by atoms with Crippen LogP contribution in [0, 0.1) is 0 Å². The first-order chi connectivity index (χ1) is 12.5. The van der Waals surface area contributed by atoms with Gasteiger partial charge in [-0.25, -0.2) is 0 Å². The van der Waals surface area contributed by atoms with E-state index in [1.165, 1.54) is 0 Å². The number of hydrogen-bond acceptors (Lipinski definition) is 7. The van der Waals surface area contributed by atoms with Crippen molar-refractivity contribution in [2.75, 3.05) is 39.6 Å². The molecule has 0 radical (unpaired) electrons. The van der Waals surface area contributed by atoms with Crippen LogP contribution in [0.4, 0.5) is 0 Å². The third-order valence-corrected chi connectivity index (χ3v) is 7.38. The first kappa shape index (κ1) is 24.0. The van der Waals surface area contributed by atoms with E-state index in [1.54, 1.807) is 0 Å². The lowest BCUT2D eigenvalue weighted by molar-refractivity contribution is 0.0307. The highest BCUT2D eigenvalue weighted by Gasteiger charge is 2.41. The molecule has 0 bridgehead atoms. The molecule has 3 unspecified atom stereocenters. The Bertz CT molecular complexity index is 336. The number of epoxide rings is 1. The third kappa shape index (κ3) is 10.9. The number of ether oxygens (including phenoxy) is 2. The highest BCUT2D eigenvalue weighted by molar-refractivity contribution is 6.60. The first-order valence-corrected chi connectivity index (χ1v) is 11.9. The lowest BCUT2D eigenvalue weighted by Crippen LogP contribution is -2.48. The average Bonchev–Trinajstić information content (AvgIpc) is 3.43. The second-order valence-corrected chi connectivity index (χ2v) is 9.41. The molecule has 0 spiro atoms. The average molecular weight is 395 g/mol. The maximum Gasteiger partial charge on any atom is 0.501 e. The quantitative estimate of drug-likeness (QED) is 0.209. The molecule has 0 aromatic rings. The van der Waals surface area contributed by atoms with Gasteiger partial charge in [0.25, 0.3) is 0 Å². The van der Waals surface area contributed by atoms with Crippen LogP contribution >= 0.6 is 0 Å². The van der Waals surface area contributed by atoms with Crippen LogP contribution in [0.2, 0.25) is 6.04 Å². The summed E-state index contributed by atoms with van der Waals surface area (Å²) in [7, 11) is -2.71. The Morgan fingerprint density at radius 1 is 1.12 bits per heavy atom. The SMILES string of the molecule is CCO[Si](CCCOCC1CO1)(OCC)OC(C)CCCCC(O)CO. The summed E-state index contributed by atoms with van der Waals surface area (Å²) < 4.78 is 29.0. The first-order valence-electron chi connectivity index (χ1n) is 9.99. The van der Waals surface area contributed by atoms with E-state index in [4.69, 9.17) is 27.9 Å². The fraction of sp³-hybridized carbons (Fsp3) is 1.00. The smallest absolute Gasteiger partial charge is 0.394 e. The largest absolute Gasteiger partial charge is 0.501 e. The molecule has 3 atom stereocenters. The molecular formula is C18H38O7Si. The van der Waals surface area contributed by atoms with Crippen molar-refractivity contribution in [1.29, 1.82) is 0 Å². The summed E-state index contributed by atoms with van der Waals surface area (Å²) in [6.07, 6.45) is 3.84. The van der Waals surface area contributed by atoms with E-state index < -0.39 is 14.9 Å². The number of rotatable bonds is 18. The molecule has 26 heavy (non-hydrogen) atoms. The second-order valence-electron chi connectivity index (χ2n) is 6.73. The van der Waals surface area contributed by atoms with Gasteiger partial charge in [0.05, 0.1) is 25.9 Å². The van der Waals surface area contributed by atoms with Gasteiger partial charge in [0.1, 0.15) is 6.10 Å². The highest BCUT2D eigenvalue weighted by atomic mass is 28.4. The number of hydrogen-bond donors (Lipinski definition) is 2. The van der Waals surface area contributed by atoms with Gasteiger partial charge in [0.2, 0.25) is 0 Å². The molecule has 1 saturated heterocycles. The summed E-state index contributed by atoms with van der Waals surface area (Å²) in [6.45, 7) is 9.07. The number of unbranched alkanes of at least 4 members (excludes halogenated alkanes) is 1. The monoisotopic (exact) mass is 394 g/mol. The summed E-state index contributed by atoms with van der Waals surface area (Å²) in [4.78, 5) is 0. The minimum absolute atomic E-state index is 0.0341. The maximum atomic E-state index is 9.39. The molecule has 1 aliphatic rings. The molecule has 156 valence electrons. The minimum atomic E-state index is -2.71. The Kier molecular flexibility index (Phi) is 12.9. The Morgan fingerprint density at radius 3 is 2.35 bits per heavy atom. The zero-order valence-electron chi connectivity index (χ0n) is 16.7. The molecule has 0 aliphatic carbocycles. The van der Waals surface area contributed by atoms with Crippen LogP contribution in [-0.4, -0.2) is 77.0 Å². The number of aliphatic hydroxyl groups is 2. The van der Waals surface area contributed by atoms with Crippen molar-refractivity contribution in [2.45, 2.75) is 77.2 Å². The summed E-state index contributed by atoms with van der Waals surface area (Å²) in [5.74, 6) is 0. The van der Waals surface area contributed by atoms with E-state index in [-0.39, 0.29) is 18.8 Å². The zero-order chi connectivity index (χ0) is 19.3. The lowest BCUT2D eigenvalue weighted by Gasteiger charge is -2.32. The molecule has 8 heteroatoms. The Hall–Kier alpha value is -0.0631. The van der Waals surface area contributed by atoms with E-state index >= 15 is 0 Å². The molecule has 1 heterocycles. The van der Waals surface area contributed by atoms with Crippen LogP contribution < -0.4 is 0 Å². The van der Waals surface area contributed by atoms with Crippen molar-refractivity contribution in [1.82, 2.24) is 0 Å². The predicted molar refractivity (Wildman–Crippen MR) is 101 cm³/mol. The van der Waals surface area contributed by atoms with Gasteiger partial charge in [0.15, 0.2) is 0 Å². The van der Waals surface area contributed by atoms with Gasteiger partial charge >= 0.3 is 8.80 Å². The predicted octanol–water partition coefficient (Wildman–Crippen LogP) is 2.12. The molecule has 7 nitrogen and oxygen atoms in total. The zero-order valence-corrected chi connectivity index (χ0v) is 17.7. The van der Waals surface area contributed by atoms with Crippen LogP contribution in [0.1, 0.15) is 52.9 Å². The third-order valence-electron chi connectivity index (χ3n) is 4.20. The van der Waals surface area contributed by atoms with Crippen molar-refractivity contribution < 1.29 is 33.0 Å². The van der Waals surface area contributed by atoms with Crippen molar-refractivity contribution in [3.8, 4) is 0 Å². The molecule has 0 aromatic heterocycles. The molecule has 1 fully saturated rings. The van der Waals surface area contributed by atoms with Gasteiger partial charge in [-0.05, 0) is 40.0 Å². The van der Waals surface area contributed by atoms with E-state index in [0.29, 0.717) is 32.8 Å². The molecule has 0 amide bonds. The van der Waals surface area contributed by atoms with Crippen LogP contribution in [0.3, 0.4) is 0 Å². The molecular weight excluding hydrogens is 356 g/mol. The van der Waals surface area contributed by atoms with Crippen LogP contribution in [0.25, 0.3) is 0 Å². The molecule has 0 saturated carbocycles. The standard InChI is InChI=1S/C18H38O7Si/c1-4-23-26(24-5-2,12-8-11-21-14-18-15-22-18)25-16(3)9-6-7-10-17(20)13-19/h16-20H,4-15H2,1-3H3. The van der Waals surface area contributed by atoms with Crippen LogP contribution in [-0.2, 0) is 22.8 Å².